The first-order valence-electron chi connectivity index (χ1n) is 8.32. The Bertz CT molecular complexity index is 875. The molecule has 0 spiro atoms. The van der Waals surface area contributed by atoms with Gasteiger partial charge in [0, 0.05) is 18.5 Å². The normalized spacial score (nSPS) is 11.0. The van der Waals surface area contributed by atoms with E-state index in [0.29, 0.717) is 24.2 Å². The van der Waals surface area contributed by atoms with Gasteiger partial charge in [0.05, 0.1) is 11.0 Å². The van der Waals surface area contributed by atoms with Crippen molar-refractivity contribution in [2.45, 2.75) is 19.3 Å². The average Bonchev–Trinajstić information content (AvgIpc) is 2.99. The number of anilines is 1. The summed E-state index contributed by atoms with van der Waals surface area (Å²) in [6.07, 6.45) is 1.66. The van der Waals surface area contributed by atoms with Crippen molar-refractivity contribution in [2.24, 2.45) is 0 Å². The summed E-state index contributed by atoms with van der Waals surface area (Å²) in [5.74, 6) is 0.441. The number of nitrogens with one attached hydrogen (secondary N) is 3. The van der Waals surface area contributed by atoms with Crippen molar-refractivity contribution in [3.63, 3.8) is 0 Å². The summed E-state index contributed by atoms with van der Waals surface area (Å²) in [6, 6.07) is 12.2. The summed E-state index contributed by atoms with van der Waals surface area (Å²) in [5, 5.41) is 5.90. The molecular formula is C19H21FN4O. The van der Waals surface area contributed by atoms with Crippen LogP contribution in [0.3, 0.4) is 0 Å². The molecule has 130 valence electrons. The number of nitrogens with zero attached hydrogens (tertiary/aromatic N) is 1. The van der Waals surface area contributed by atoms with Crippen LogP contribution in [0.15, 0.2) is 42.5 Å². The van der Waals surface area contributed by atoms with E-state index in [-0.39, 0.29) is 11.7 Å². The second kappa shape index (κ2) is 7.90. The summed E-state index contributed by atoms with van der Waals surface area (Å²) in [7, 11) is 1.86. The highest BCUT2D eigenvalue weighted by Gasteiger charge is 2.09. The van der Waals surface area contributed by atoms with Crippen LogP contribution in [0.25, 0.3) is 11.0 Å². The number of fused-ring (bicyclic) bond motifs is 1. The number of imidazole rings is 1. The van der Waals surface area contributed by atoms with Gasteiger partial charge in [-0.2, -0.15) is 0 Å². The first-order valence-corrected chi connectivity index (χ1v) is 8.32. The number of halogens is 1. The lowest BCUT2D eigenvalue weighted by molar-refractivity contribution is -0.116. The summed E-state index contributed by atoms with van der Waals surface area (Å²) in [4.78, 5) is 19.6. The van der Waals surface area contributed by atoms with E-state index in [2.05, 4.69) is 20.6 Å². The molecule has 0 radical (unpaired) electrons. The van der Waals surface area contributed by atoms with Crippen molar-refractivity contribution >= 4 is 22.6 Å². The summed E-state index contributed by atoms with van der Waals surface area (Å²) in [6.45, 7) is 0.812. The van der Waals surface area contributed by atoms with Gasteiger partial charge in [-0.15, -0.1) is 0 Å². The van der Waals surface area contributed by atoms with Crippen molar-refractivity contribution < 1.29 is 9.18 Å². The second-order valence-corrected chi connectivity index (χ2v) is 5.94. The molecule has 1 amide bonds. The Labute approximate surface area is 145 Å². The Hall–Kier alpha value is -2.73. The van der Waals surface area contributed by atoms with E-state index in [4.69, 9.17) is 0 Å². The van der Waals surface area contributed by atoms with Crippen LogP contribution >= 0.6 is 0 Å². The summed E-state index contributed by atoms with van der Waals surface area (Å²) in [5.41, 5.74) is 2.93. The number of H-pyrrole nitrogens is 1. The smallest absolute Gasteiger partial charge is 0.224 e. The number of hydrogen-bond acceptors (Lipinski definition) is 3. The molecule has 0 saturated heterocycles. The third-order valence-electron chi connectivity index (χ3n) is 3.96. The third-order valence-corrected chi connectivity index (χ3v) is 3.96. The van der Waals surface area contributed by atoms with E-state index >= 15 is 0 Å². The molecule has 1 aromatic heterocycles. The van der Waals surface area contributed by atoms with E-state index in [0.717, 1.165) is 29.7 Å². The lowest BCUT2D eigenvalue weighted by atomic mass is 10.1. The maximum absolute atomic E-state index is 13.8. The highest BCUT2D eigenvalue weighted by atomic mass is 19.1. The van der Waals surface area contributed by atoms with Crippen LogP contribution < -0.4 is 10.6 Å². The van der Waals surface area contributed by atoms with Crippen LogP contribution in [0.4, 0.5) is 10.1 Å². The Morgan fingerprint density at radius 1 is 1.24 bits per heavy atom. The van der Waals surface area contributed by atoms with E-state index in [9.17, 15) is 9.18 Å². The average molecular weight is 340 g/mol. The van der Waals surface area contributed by atoms with E-state index in [1.807, 2.05) is 31.3 Å². The van der Waals surface area contributed by atoms with Gasteiger partial charge in [-0.1, -0.05) is 18.2 Å². The van der Waals surface area contributed by atoms with Crippen LogP contribution in [-0.4, -0.2) is 29.5 Å². The fraction of sp³-hybridized carbons (Fsp3) is 0.263. The van der Waals surface area contributed by atoms with E-state index in [1.165, 1.54) is 6.07 Å². The Kier molecular flexibility index (Phi) is 5.40. The van der Waals surface area contributed by atoms with Gasteiger partial charge in [0.2, 0.25) is 5.91 Å². The maximum atomic E-state index is 13.8. The highest BCUT2D eigenvalue weighted by molar-refractivity contribution is 5.93. The molecule has 6 heteroatoms. The fourth-order valence-corrected chi connectivity index (χ4v) is 2.70. The predicted molar refractivity (Wildman–Crippen MR) is 97.1 cm³/mol. The molecule has 0 unspecified atom stereocenters. The maximum Gasteiger partial charge on any atom is 0.224 e. The van der Waals surface area contributed by atoms with E-state index in [1.54, 1.807) is 12.1 Å². The molecular weight excluding hydrogens is 319 g/mol. The summed E-state index contributed by atoms with van der Waals surface area (Å²) < 4.78 is 13.8. The zero-order chi connectivity index (χ0) is 17.6. The van der Waals surface area contributed by atoms with Crippen molar-refractivity contribution in [1.82, 2.24) is 15.3 Å². The first kappa shape index (κ1) is 17.1. The van der Waals surface area contributed by atoms with Crippen LogP contribution in [0.1, 0.15) is 24.2 Å². The Morgan fingerprint density at radius 3 is 2.88 bits per heavy atom. The fourth-order valence-electron chi connectivity index (χ4n) is 2.70. The predicted octanol–water partition coefficient (Wildman–Crippen LogP) is 3.23. The first-order chi connectivity index (χ1) is 12.2. The molecule has 0 aliphatic heterocycles. The minimum Gasteiger partial charge on any atom is -0.342 e. The van der Waals surface area contributed by atoms with Gasteiger partial charge < -0.3 is 15.6 Å². The standard InChI is InChI=1S/C19H21FN4O/c1-21-10-4-7-19(25)22-14-8-9-16-17(12-14)24-18(23-16)11-13-5-2-3-6-15(13)20/h2-3,5-6,8-9,12,21H,4,7,10-11H2,1H3,(H,22,25)(H,23,24). The van der Waals surface area contributed by atoms with E-state index < -0.39 is 0 Å². The Morgan fingerprint density at radius 2 is 2.08 bits per heavy atom. The van der Waals surface area contributed by atoms with Gasteiger partial charge in [-0.3, -0.25) is 4.79 Å². The third kappa shape index (κ3) is 4.42. The van der Waals surface area contributed by atoms with Gasteiger partial charge in [-0.25, -0.2) is 9.37 Å². The SMILES string of the molecule is CNCCCC(=O)Nc1ccc2nc(Cc3ccccc3F)[nH]c2c1. The molecule has 0 aliphatic rings. The highest BCUT2D eigenvalue weighted by Crippen LogP contribution is 2.19. The lowest BCUT2D eigenvalue weighted by Crippen LogP contribution is -2.15. The zero-order valence-electron chi connectivity index (χ0n) is 14.1. The quantitative estimate of drug-likeness (QED) is 0.578. The summed E-state index contributed by atoms with van der Waals surface area (Å²) >= 11 is 0. The van der Waals surface area contributed by atoms with Gasteiger partial charge >= 0.3 is 0 Å². The van der Waals surface area contributed by atoms with Gasteiger partial charge in [0.25, 0.3) is 0 Å². The molecule has 0 saturated carbocycles. The van der Waals surface area contributed by atoms with Crippen molar-refractivity contribution in [1.29, 1.82) is 0 Å². The molecule has 0 atom stereocenters. The molecule has 25 heavy (non-hydrogen) atoms. The Balaban J connectivity index is 1.71. The number of hydrogen-bond donors (Lipinski definition) is 3. The molecule has 0 bridgehead atoms. The van der Waals surface area contributed by atoms with Crippen LogP contribution in [0.5, 0.6) is 0 Å². The lowest BCUT2D eigenvalue weighted by Gasteiger charge is -2.04. The second-order valence-electron chi connectivity index (χ2n) is 5.94. The topological polar surface area (TPSA) is 69.8 Å². The molecule has 5 nitrogen and oxygen atoms in total. The van der Waals surface area contributed by atoms with Crippen LogP contribution in [0, 0.1) is 5.82 Å². The van der Waals surface area contributed by atoms with Gasteiger partial charge in [0.15, 0.2) is 0 Å². The van der Waals surface area contributed by atoms with Gasteiger partial charge in [-0.05, 0) is 49.8 Å². The minimum atomic E-state index is -0.238. The van der Waals surface area contributed by atoms with Crippen LogP contribution in [0.2, 0.25) is 0 Å². The zero-order valence-corrected chi connectivity index (χ0v) is 14.1. The number of aromatic nitrogens is 2. The number of benzene rings is 2. The van der Waals surface area contributed by atoms with Crippen molar-refractivity contribution in [2.75, 3.05) is 18.9 Å². The van der Waals surface area contributed by atoms with Crippen molar-refractivity contribution in [3.05, 3.63) is 59.7 Å². The van der Waals surface area contributed by atoms with Crippen molar-refractivity contribution in [3.8, 4) is 0 Å². The molecule has 3 aromatic rings. The largest absolute Gasteiger partial charge is 0.342 e. The number of aromatic amines is 1. The monoisotopic (exact) mass is 340 g/mol. The molecule has 1 heterocycles. The number of carbonyl (C=O) groups is 1. The van der Waals surface area contributed by atoms with Crippen LogP contribution in [-0.2, 0) is 11.2 Å². The number of rotatable bonds is 7. The van der Waals surface area contributed by atoms with Gasteiger partial charge in [0.1, 0.15) is 11.6 Å². The number of amides is 1. The molecule has 0 fully saturated rings. The minimum absolute atomic E-state index is 0.0132. The molecule has 2 aromatic carbocycles. The molecule has 3 rings (SSSR count). The number of carbonyl (C=O) groups excluding carboxylic acids is 1. The molecule has 3 N–H and O–H groups in total. The molecule has 0 aliphatic carbocycles.